The molecule has 102 valence electrons. The molecular formula is C16H33N. The molecule has 1 aliphatic carbocycles. The van der Waals surface area contributed by atoms with Crippen LogP contribution in [-0.2, 0) is 0 Å². The summed E-state index contributed by atoms with van der Waals surface area (Å²) in [6.07, 6.45) is 10.2. The van der Waals surface area contributed by atoms with E-state index in [1.807, 2.05) is 0 Å². The summed E-state index contributed by atoms with van der Waals surface area (Å²) in [5.41, 5.74) is 0. The number of rotatable bonds is 7. The lowest BCUT2D eigenvalue weighted by Gasteiger charge is -2.32. The van der Waals surface area contributed by atoms with Crippen molar-refractivity contribution in [3.05, 3.63) is 0 Å². The summed E-state index contributed by atoms with van der Waals surface area (Å²) in [7, 11) is 0. The largest absolute Gasteiger partial charge is 0.314 e. The first-order chi connectivity index (χ1) is 8.09. The van der Waals surface area contributed by atoms with E-state index >= 15 is 0 Å². The second-order valence-corrected chi connectivity index (χ2v) is 6.69. The molecule has 1 saturated carbocycles. The van der Waals surface area contributed by atoms with Crippen LogP contribution in [0.1, 0.15) is 72.6 Å². The fraction of sp³-hybridized carbons (Fsp3) is 1.00. The van der Waals surface area contributed by atoms with Crippen LogP contribution in [0.2, 0.25) is 0 Å². The van der Waals surface area contributed by atoms with Crippen LogP contribution in [0.3, 0.4) is 0 Å². The van der Waals surface area contributed by atoms with Crippen molar-refractivity contribution in [2.45, 2.75) is 78.7 Å². The molecule has 0 aromatic rings. The van der Waals surface area contributed by atoms with Gasteiger partial charge >= 0.3 is 0 Å². The first-order valence-corrected chi connectivity index (χ1v) is 7.83. The van der Waals surface area contributed by atoms with Crippen molar-refractivity contribution >= 4 is 0 Å². The van der Waals surface area contributed by atoms with E-state index in [0.29, 0.717) is 6.04 Å². The summed E-state index contributed by atoms with van der Waals surface area (Å²) in [5, 5.41) is 3.64. The molecular weight excluding hydrogens is 206 g/mol. The van der Waals surface area contributed by atoms with Crippen LogP contribution in [0.5, 0.6) is 0 Å². The van der Waals surface area contributed by atoms with Crippen molar-refractivity contribution < 1.29 is 0 Å². The Morgan fingerprint density at radius 3 is 2.24 bits per heavy atom. The topological polar surface area (TPSA) is 12.0 Å². The van der Waals surface area contributed by atoms with Crippen LogP contribution >= 0.6 is 0 Å². The molecule has 0 radical (unpaired) electrons. The third kappa shape index (κ3) is 6.45. The Balaban J connectivity index is 2.26. The minimum atomic E-state index is 0.647. The van der Waals surface area contributed by atoms with Gasteiger partial charge < -0.3 is 5.32 Å². The lowest BCUT2D eigenvalue weighted by Crippen LogP contribution is -2.34. The first-order valence-electron chi connectivity index (χ1n) is 7.83. The Morgan fingerprint density at radius 1 is 1.00 bits per heavy atom. The first kappa shape index (κ1) is 15.0. The molecule has 17 heavy (non-hydrogen) atoms. The highest BCUT2D eigenvalue weighted by Crippen LogP contribution is 2.33. The average Bonchev–Trinajstić information content (AvgIpc) is 2.27. The van der Waals surface area contributed by atoms with Crippen LogP contribution in [0.25, 0.3) is 0 Å². The van der Waals surface area contributed by atoms with Crippen molar-refractivity contribution in [3.8, 4) is 0 Å². The van der Waals surface area contributed by atoms with Crippen molar-refractivity contribution in [2.24, 2.45) is 17.8 Å². The fourth-order valence-corrected chi connectivity index (χ4v) is 3.11. The van der Waals surface area contributed by atoms with Gasteiger partial charge in [-0.05, 0) is 30.7 Å². The second-order valence-electron chi connectivity index (χ2n) is 6.69. The smallest absolute Gasteiger partial charge is 0.00104 e. The van der Waals surface area contributed by atoms with Crippen LogP contribution in [0, 0.1) is 17.8 Å². The van der Waals surface area contributed by atoms with Crippen LogP contribution in [-0.4, -0.2) is 12.6 Å². The van der Waals surface area contributed by atoms with Crippen LogP contribution < -0.4 is 5.32 Å². The molecule has 0 saturated heterocycles. The second kappa shape index (κ2) is 8.13. The van der Waals surface area contributed by atoms with Crippen molar-refractivity contribution in [3.63, 3.8) is 0 Å². The lowest BCUT2D eigenvalue weighted by atomic mass is 9.76. The maximum atomic E-state index is 3.64. The predicted octanol–water partition coefficient (Wildman–Crippen LogP) is 4.62. The monoisotopic (exact) mass is 239 g/mol. The maximum Gasteiger partial charge on any atom is 0.00104 e. The van der Waals surface area contributed by atoms with Gasteiger partial charge in [0.15, 0.2) is 0 Å². The predicted molar refractivity (Wildman–Crippen MR) is 77.3 cm³/mol. The van der Waals surface area contributed by atoms with E-state index < -0.39 is 0 Å². The summed E-state index contributed by atoms with van der Waals surface area (Å²) in [6.45, 7) is 10.5. The molecule has 0 heterocycles. The highest BCUT2D eigenvalue weighted by atomic mass is 14.9. The summed E-state index contributed by atoms with van der Waals surface area (Å²) in [5.74, 6) is 2.85. The molecule has 1 N–H and O–H groups in total. The normalized spacial score (nSPS) is 25.8. The Kier molecular flexibility index (Phi) is 7.18. The molecule has 0 aromatic carbocycles. The summed E-state index contributed by atoms with van der Waals surface area (Å²) < 4.78 is 0. The third-order valence-electron chi connectivity index (χ3n) is 4.21. The van der Waals surface area contributed by atoms with E-state index in [0.717, 1.165) is 17.8 Å². The van der Waals surface area contributed by atoms with Gasteiger partial charge in [-0.15, -0.1) is 0 Å². The fourth-order valence-electron chi connectivity index (χ4n) is 3.11. The molecule has 0 spiro atoms. The van der Waals surface area contributed by atoms with Gasteiger partial charge in [0, 0.05) is 6.04 Å². The van der Waals surface area contributed by atoms with Crippen LogP contribution in [0.4, 0.5) is 0 Å². The standard InChI is InChI=1S/C16H33N/c1-13(2)8-7-11-15-9-5-6-10-16(15)12-17-14(3)4/h13-17H,5-12H2,1-4H3. The molecule has 1 aliphatic rings. The van der Waals surface area contributed by atoms with E-state index in [-0.39, 0.29) is 0 Å². The molecule has 2 unspecified atom stereocenters. The van der Waals surface area contributed by atoms with Gasteiger partial charge in [0.05, 0.1) is 0 Å². The summed E-state index contributed by atoms with van der Waals surface area (Å²) in [6, 6.07) is 0.647. The Labute approximate surface area is 109 Å². The Morgan fingerprint density at radius 2 is 1.65 bits per heavy atom. The van der Waals surface area contributed by atoms with Gasteiger partial charge in [-0.3, -0.25) is 0 Å². The zero-order chi connectivity index (χ0) is 12.7. The third-order valence-corrected chi connectivity index (χ3v) is 4.21. The average molecular weight is 239 g/mol. The molecule has 1 heteroatoms. The minimum absolute atomic E-state index is 0.647. The van der Waals surface area contributed by atoms with E-state index in [2.05, 4.69) is 33.0 Å². The zero-order valence-corrected chi connectivity index (χ0v) is 12.5. The van der Waals surface area contributed by atoms with E-state index in [1.165, 1.54) is 51.5 Å². The number of hydrogen-bond acceptors (Lipinski definition) is 1. The number of hydrogen-bond donors (Lipinski definition) is 1. The summed E-state index contributed by atoms with van der Waals surface area (Å²) >= 11 is 0. The van der Waals surface area contributed by atoms with Gasteiger partial charge in [0.1, 0.15) is 0 Å². The van der Waals surface area contributed by atoms with E-state index in [4.69, 9.17) is 0 Å². The van der Waals surface area contributed by atoms with Crippen molar-refractivity contribution in [1.82, 2.24) is 5.32 Å². The minimum Gasteiger partial charge on any atom is -0.314 e. The molecule has 2 atom stereocenters. The van der Waals surface area contributed by atoms with Gasteiger partial charge in [-0.1, -0.05) is 66.2 Å². The van der Waals surface area contributed by atoms with Gasteiger partial charge in [0.25, 0.3) is 0 Å². The molecule has 0 amide bonds. The van der Waals surface area contributed by atoms with Gasteiger partial charge in [-0.25, -0.2) is 0 Å². The Hall–Kier alpha value is -0.0400. The number of nitrogens with one attached hydrogen (secondary N) is 1. The zero-order valence-electron chi connectivity index (χ0n) is 12.5. The van der Waals surface area contributed by atoms with E-state index in [9.17, 15) is 0 Å². The SMILES string of the molecule is CC(C)CCCC1CCCCC1CNC(C)C. The van der Waals surface area contributed by atoms with Crippen LogP contribution in [0.15, 0.2) is 0 Å². The molecule has 0 aliphatic heterocycles. The van der Waals surface area contributed by atoms with Crippen molar-refractivity contribution in [2.75, 3.05) is 6.54 Å². The highest BCUT2D eigenvalue weighted by molar-refractivity contribution is 4.77. The van der Waals surface area contributed by atoms with Gasteiger partial charge in [-0.2, -0.15) is 0 Å². The maximum absolute atomic E-state index is 3.64. The Bertz CT molecular complexity index is 186. The molecule has 0 bridgehead atoms. The highest BCUT2D eigenvalue weighted by Gasteiger charge is 2.24. The lowest BCUT2D eigenvalue weighted by molar-refractivity contribution is 0.207. The summed E-state index contributed by atoms with van der Waals surface area (Å²) in [4.78, 5) is 0. The molecule has 0 aromatic heterocycles. The molecule has 1 rings (SSSR count). The molecule has 1 fully saturated rings. The van der Waals surface area contributed by atoms with Gasteiger partial charge in [0.2, 0.25) is 0 Å². The molecule has 1 nitrogen and oxygen atoms in total. The quantitative estimate of drug-likeness (QED) is 0.683. The van der Waals surface area contributed by atoms with Crippen molar-refractivity contribution in [1.29, 1.82) is 0 Å². The van der Waals surface area contributed by atoms with E-state index in [1.54, 1.807) is 0 Å².